The van der Waals surface area contributed by atoms with E-state index in [1.54, 1.807) is 35.4 Å². The summed E-state index contributed by atoms with van der Waals surface area (Å²) >= 11 is 6.11. The number of aromatic nitrogens is 5. The van der Waals surface area contributed by atoms with E-state index in [1.807, 2.05) is 0 Å². The molecule has 2 N–H and O–H groups in total. The normalized spacial score (nSPS) is 14.5. The van der Waals surface area contributed by atoms with Crippen LogP contribution in [0, 0.1) is 5.82 Å². The number of rotatable bonds is 6. The van der Waals surface area contributed by atoms with Crippen molar-refractivity contribution >= 4 is 28.5 Å². The van der Waals surface area contributed by atoms with Gasteiger partial charge in [-0.25, -0.2) is 9.07 Å². The van der Waals surface area contributed by atoms with Crippen molar-refractivity contribution in [2.45, 2.75) is 25.5 Å². The Kier molecular flexibility index (Phi) is 5.93. The zero-order valence-electron chi connectivity index (χ0n) is 17.5. The number of halogens is 2. The molecule has 1 amide bonds. The molecule has 4 aromatic rings. The first-order valence-corrected chi connectivity index (χ1v) is 10.9. The lowest BCUT2D eigenvalue weighted by molar-refractivity contribution is 0.0794. The van der Waals surface area contributed by atoms with E-state index >= 15 is 0 Å². The Labute approximate surface area is 193 Å². The highest BCUT2D eigenvalue weighted by Gasteiger charge is 2.18. The summed E-state index contributed by atoms with van der Waals surface area (Å²) in [7, 11) is 0. The van der Waals surface area contributed by atoms with Crippen molar-refractivity contribution in [1.82, 2.24) is 35.3 Å². The van der Waals surface area contributed by atoms with E-state index in [-0.39, 0.29) is 18.6 Å². The van der Waals surface area contributed by atoms with Gasteiger partial charge >= 0.3 is 0 Å². The van der Waals surface area contributed by atoms with Gasteiger partial charge in [0.2, 0.25) is 0 Å². The third-order valence-corrected chi connectivity index (χ3v) is 5.85. The maximum atomic E-state index is 13.5. The Balaban J connectivity index is 1.33. The number of carbonyl (C=O) groups is 1. The number of hydrogen-bond acceptors (Lipinski definition) is 6. The molecule has 0 bridgehead atoms. The van der Waals surface area contributed by atoms with E-state index in [0.29, 0.717) is 33.0 Å². The third-order valence-electron chi connectivity index (χ3n) is 5.48. The van der Waals surface area contributed by atoms with Gasteiger partial charge in [0.1, 0.15) is 23.5 Å². The first kappa shape index (κ1) is 21.4. The second-order valence-corrected chi connectivity index (χ2v) is 8.18. The summed E-state index contributed by atoms with van der Waals surface area (Å²) in [5, 5.41) is 15.3. The van der Waals surface area contributed by atoms with Gasteiger partial charge in [-0.1, -0.05) is 16.4 Å². The van der Waals surface area contributed by atoms with Crippen LogP contribution < -0.4 is 15.5 Å². The number of fused-ring (bicyclic) bond motifs is 1. The lowest BCUT2D eigenvalue weighted by atomic mass is 10.1. The fraction of sp³-hybridized carbons (Fsp3) is 0.273. The van der Waals surface area contributed by atoms with Crippen LogP contribution in [0.5, 0.6) is 0 Å². The molecule has 0 atom stereocenters. The summed E-state index contributed by atoms with van der Waals surface area (Å²) < 4.78 is 15.1. The first-order chi connectivity index (χ1) is 16.1. The van der Waals surface area contributed by atoms with Crippen LogP contribution in [0.1, 0.15) is 28.9 Å². The predicted molar refractivity (Wildman–Crippen MR) is 120 cm³/mol. The van der Waals surface area contributed by atoms with E-state index in [9.17, 15) is 9.18 Å². The van der Waals surface area contributed by atoms with Crippen LogP contribution in [0.15, 0.2) is 48.9 Å². The van der Waals surface area contributed by atoms with Gasteiger partial charge < -0.3 is 15.5 Å². The Morgan fingerprint density at radius 1 is 1.24 bits per heavy atom. The average Bonchev–Trinajstić information content (AvgIpc) is 3.47. The molecule has 11 heteroatoms. The lowest BCUT2D eigenvalue weighted by Gasteiger charge is -2.23. The van der Waals surface area contributed by atoms with Crippen molar-refractivity contribution in [2.24, 2.45) is 0 Å². The van der Waals surface area contributed by atoms with Gasteiger partial charge in [-0.2, -0.15) is 5.10 Å². The van der Waals surface area contributed by atoms with Crippen LogP contribution in [0.4, 0.5) is 4.39 Å². The molecule has 4 heterocycles. The predicted octanol–water partition coefficient (Wildman–Crippen LogP) is 2.52. The van der Waals surface area contributed by atoms with Crippen LogP contribution in [-0.4, -0.2) is 49.7 Å². The van der Waals surface area contributed by atoms with Crippen LogP contribution >= 0.6 is 11.6 Å². The highest BCUT2D eigenvalue weighted by Crippen LogP contribution is 2.19. The molecule has 0 saturated carbocycles. The van der Waals surface area contributed by atoms with Gasteiger partial charge in [-0.3, -0.25) is 9.78 Å². The molecule has 1 aromatic carbocycles. The molecule has 33 heavy (non-hydrogen) atoms. The molecule has 1 aliphatic rings. The van der Waals surface area contributed by atoms with Gasteiger partial charge in [0, 0.05) is 22.8 Å². The summed E-state index contributed by atoms with van der Waals surface area (Å²) in [5.74, 6) is -0.596. The second kappa shape index (κ2) is 9.16. The number of amides is 1. The smallest absolute Gasteiger partial charge is 0.272 e. The number of nitrogens with one attached hydrogen (secondary N) is 2. The minimum atomic E-state index is -0.397. The topological polar surface area (TPSA) is 98.9 Å². The van der Waals surface area contributed by atoms with Crippen LogP contribution in [-0.2, 0) is 6.61 Å². The molecular weight excluding hydrogens is 449 g/mol. The maximum Gasteiger partial charge on any atom is 0.272 e. The fourth-order valence-electron chi connectivity index (χ4n) is 3.70. The average molecular weight is 470 g/mol. The van der Waals surface area contributed by atoms with Crippen molar-refractivity contribution < 1.29 is 14.0 Å². The largest absolute Gasteiger partial charge is 0.391 e. The molecule has 1 saturated heterocycles. The molecule has 0 radical (unpaired) electrons. The van der Waals surface area contributed by atoms with Crippen LogP contribution in [0.25, 0.3) is 16.7 Å². The molecule has 0 spiro atoms. The molecule has 0 unspecified atom stereocenters. The molecule has 1 fully saturated rings. The monoisotopic (exact) mass is 469 g/mol. The van der Waals surface area contributed by atoms with Gasteiger partial charge in [0.15, 0.2) is 5.69 Å². The molecular formula is C22H21ClFN7O2. The summed E-state index contributed by atoms with van der Waals surface area (Å²) in [5.41, 5.74) is 2.67. The van der Waals surface area contributed by atoms with E-state index < -0.39 is 5.82 Å². The number of nitrogens with zero attached hydrogens (tertiary/aromatic N) is 5. The summed E-state index contributed by atoms with van der Waals surface area (Å²) in [6, 6.07) is 7.70. The van der Waals surface area contributed by atoms with E-state index in [1.165, 1.54) is 23.0 Å². The fourth-order valence-corrected chi connectivity index (χ4v) is 3.87. The summed E-state index contributed by atoms with van der Waals surface area (Å²) in [6.45, 7) is 1.82. The Morgan fingerprint density at radius 2 is 2.09 bits per heavy atom. The molecule has 3 aromatic heterocycles. The zero-order chi connectivity index (χ0) is 22.8. The quantitative estimate of drug-likeness (QED) is 0.450. The lowest BCUT2D eigenvalue weighted by Crippen LogP contribution is -2.42. The molecule has 5 rings (SSSR count). The molecule has 170 valence electrons. The van der Waals surface area contributed by atoms with Crippen molar-refractivity contribution in [1.29, 1.82) is 0 Å². The number of benzene rings is 1. The number of pyridine rings is 1. The van der Waals surface area contributed by atoms with E-state index in [4.69, 9.17) is 16.4 Å². The van der Waals surface area contributed by atoms with Crippen molar-refractivity contribution in [2.75, 3.05) is 13.1 Å². The number of piperidine rings is 1. The SMILES string of the molecule is O=C(NC1CCNCC1)c1ccn(-c2cnc3cnn(OCc4cc(F)ccc4Cl)c3c2)n1. The van der Waals surface area contributed by atoms with Gasteiger partial charge in [-0.15, -0.1) is 5.10 Å². The third kappa shape index (κ3) is 4.67. The van der Waals surface area contributed by atoms with Crippen molar-refractivity contribution in [3.63, 3.8) is 0 Å². The Hall–Kier alpha value is -3.50. The first-order valence-electron chi connectivity index (χ1n) is 10.6. The maximum absolute atomic E-state index is 13.5. The summed E-state index contributed by atoms with van der Waals surface area (Å²) in [6.07, 6.45) is 6.70. The van der Waals surface area contributed by atoms with Gasteiger partial charge in [0.05, 0.1) is 18.1 Å². The van der Waals surface area contributed by atoms with E-state index in [2.05, 4.69) is 25.8 Å². The highest BCUT2D eigenvalue weighted by molar-refractivity contribution is 6.31. The molecule has 9 nitrogen and oxygen atoms in total. The molecule has 0 aliphatic carbocycles. The highest BCUT2D eigenvalue weighted by atomic mass is 35.5. The van der Waals surface area contributed by atoms with E-state index in [0.717, 1.165) is 25.9 Å². The van der Waals surface area contributed by atoms with Gasteiger partial charge in [0.25, 0.3) is 5.91 Å². The Bertz CT molecular complexity index is 1300. The van der Waals surface area contributed by atoms with Crippen LogP contribution in [0.3, 0.4) is 0 Å². The number of hydrogen-bond donors (Lipinski definition) is 2. The minimum absolute atomic E-state index is 0.0282. The Morgan fingerprint density at radius 3 is 2.94 bits per heavy atom. The summed E-state index contributed by atoms with van der Waals surface area (Å²) in [4.78, 5) is 24.0. The van der Waals surface area contributed by atoms with Crippen LogP contribution in [0.2, 0.25) is 5.02 Å². The second-order valence-electron chi connectivity index (χ2n) is 7.77. The van der Waals surface area contributed by atoms with Crippen molar-refractivity contribution in [3.05, 3.63) is 71.0 Å². The van der Waals surface area contributed by atoms with Crippen molar-refractivity contribution in [3.8, 4) is 5.69 Å². The minimum Gasteiger partial charge on any atom is -0.391 e. The van der Waals surface area contributed by atoms with Gasteiger partial charge in [-0.05, 0) is 56.3 Å². The zero-order valence-corrected chi connectivity index (χ0v) is 18.3. The number of carbonyl (C=O) groups excluding carboxylic acids is 1. The standard InChI is InChI=1S/C22H21ClFN7O2/c23-18-2-1-15(24)9-14(18)13-33-31-21-10-17(11-26-20(21)12-27-31)30-8-5-19(29-30)22(32)28-16-3-6-25-7-4-16/h1-2,5,8-12,16,25H,3-4,6-7,13H2,(H,28,32). The molecule has 1 aliphatic heterocycles.